The van der Waals surface area contributed by atoms with E-state index in [4.69, 9.17) is 18.9 Å². The van der Waals surface area contributed by atoms with Crippen LogP contribution in [-0.4, -0.2) is 92.1 Å². The first-order valence-electron chi connectivity index (χ1n) is 17.5. The average molecular weight is 720 g/mol. The van der Waals surface area contributed by atoms with Crippen LogP contribution in [0.25, 0.3) is 0 Å². The first-order valence-corrected chi connectivity index (χ1v) is 17.5. The van der Waals surface area contributed by atoms with Crippen molar-refractivity contribution < 1.29 is 38.1 Å². The van der Waals surface area contributed by atoms with Crippen LogP contribution in [0.1, 0.15) is 50.3 Å². The van der Waals surface area contributed by atoms with Gasteiger partial charge in [0.2, 0.25) is 0 Å². The molecule has 13 nitrogen and oxygen atoms in total. The Morgan fingerprint density at radius 3 is 1.48 bits per heavy atom. The number of hydrogen-bond donors (Lipinski definition) is 3. The molecule has 0 aliphatic carbocycles. The van der Waals surface area contributed by atoms with Crippen LogP contribution in [-0.2, 0) is 38.8 Å². The molecule has 3 aromatic rings. The van der Waals surface area contributed by atoms with Crippen LogP contribution in [0.3, 0.4) is 0 Å². The molecule has 0 heterocycles. The highest BCUT2D eigenvalue weighted by atomic mass is 16.6. The van der Waals surface area contributed by atoms with E-state index in [1.54, 1.807) is 7.05 Å². The lowest BCUT2D eigenvalue weighted by molar-refractivity contribution is 0.0293. The molecule has 1 unspecified atom stereocenters. The normalized spacial score (nSPS) is 11.6. The van der Waals surface area contributed by atoms with Crippen LogP contribution in [0, 0.1) is 0 Å². The van der Waals surface area contributed by atoms with Crippen molar-refractivity contribution in [2.75, 3.05) is 46.3 Å². The Morgan fingerprint density at radius 1 is 0.635 bits per heavy atom. The minimum atomic E-state index is -0.623. The number of ether oxygens (including phenoxy) is 4. The standard InChI is InChI=1S/C39H53N5O8/c1-39(2,3)52-38(48)43(4)24-14-21-34(42-37(47)51-30-33-19-12-7-13-20-33)27-44(25-22-40-35(45)49-28-31-15-8-5-9-16-31)26-23-41-36(46)50-29-32-17-10-6-11-18-32/h5-13,15-20,34H,14,21-30H2,1-4H3,(H,40,45)(H,41,46)(H,42,47). The summed E-state index contributed by atoms with van der Waals surface area (Å²) in [5, 5.41) is 8.53. The van der Waals surface area contributed by atoms with E-state index in [1.807, 2.05) is 117 Å². The summed E-state index contributed by atoms with van der Waals surface area (Å²) in [6.07, 6.45) is -1.08. The minimum Gasteiger partial charge on any atom is -0.445 e. The molecule has 3 aromatic carbocycles. The van der Waals surface area contributed by atoms with Crippen molar-refractivity contribution in [2.24, 2.45) is 0 Å². The maximum Gasteiger partial charge on any atom is 0.410 e. The average Bonchev–Trinajstić information content (AvgIpc) is 3.12. The SMILES string of the molecule is CN(CCCC(CN(CCNC(=O)OCc1ccccc1)CCNC(=O)OCc1ccccc1)NC(=O)OCc1ccccc1)C(=O)OC(C)(C)C. The van der Waals surface area contributed by atoms with Crippen LogP contribution in [0.15, 0.2) is 91.0 Å². The number of hydrogen-bond acceptors (Lipinski definition) is 9. The van der Waals surface area contributed by atoms with E-state index >= 15 is 0 Å². The number of amides is 4. The van der Waals surface area contributed by atoms with Gasteiger partial charge in [-0.1, -0.05) is 91.0 Å². The number of nitrogens with one attached hydrogen (secondary N) is 3. The Balaban J connectivity index is 1.61. The third-order valence-electron chi connectivity index (χ3n) is 7.58. The molecule has 282 valence electrons. The molecular weight excluding hydrogens is 666 g/mol. The lowest BCUT2D eigenvalue weighted by atomic mass is 10.1. The molecule has 0 aliphatic rings. The van der Waals surface area contributed by atoms with Crippen molar-refractivity contribution in [3.8, 4) is 0 Å². The van der Waals surface area contributed by atoms with E-state index < -0.39 is 36.0 Å². The molecule has 3 rings (SSSR count). The smallest absolute Gasteiger partial charge is 0.410 e. The van der Waals surface area contributed by atoms with Gasteiger partial charge in [0.15, 0.2) is 0 Å². The van der Waals surface area contributed by atoms with Gasteiger partial charge in [0.05, 0.1) is 0 Å². The Hall–Kier alpha value is -5.30. The van der Waals surface area contributed by atoms with E-state index in [-0.39, 0.29) is 32.9 Å². The van der Waals surface area contributed by atoms with Crippen LogP contribution < -0.4 is 16.0 Å². The van der Waals surface area contributed by atoms with E-state index in [2.05, 4.69) is 16.0 Å². The topological polar surface area (TPSA) is 148 Å². The van der Waals surface area contributed by atoms with Gasteiger partial charge in [-0.05, 0) is 50.3 Å². The molecule has 4 amide bonds. The first kappa shape index (κ1) is 41.1. The van der Waals surface area contributed by atoms with Crippen molar-refractivity contribution in [1.82, 2.24) is 25.8 Å². The van der Waals surface area contributed by atoms with Crippen LogP contribution >= 0.6 is 0 Å². The predicted molar refractivity (Wildman–Crippen MR) is 197 cm³/mol. The van der Waals surface area contributed by atoms with E-state index in [0.717, 1.165) is 16.7 Å². The number of nitrogens with zero attached hydrogens (tertiary/aromatic N) is 2. The van der Waals surface area contributed by atoms with E-state index in [9.17, 15) is 19.2 Å². The fraction of sp³-hybridized carbons (Fsp3) is 0.436. The van der Waals surface area contributed by atoms with Crippen LogP contribution in [0.2, 0.25) is 0 Å². The van der Waals surface area contributed by atoms with Crippen LogP contribution in [0.4, 0.5) is 19.2 Å². The van der Waals surface area contributed by atoms with Gasteiger partial charge >= 0.3 is 24.4 Å². The van der Waals surface area contributed by atoms with Crippen molar-refractivity contribution in [3.05, 3.63) is 108 Å². The molecular formula is C39H53N5O8. The predicted octanol–water partition coefficient (Wildman–Crippen LogP) is 6.08. The summed E-state index contributed by atoms with van der Waals surface area (Å²) in [5.41, 5.74) is 1.97. The second kappa shape index (κ2) is 22.5. The summed E-state index contributed by atoms with van der Waals surface area (Å²) >= 11 is 0. The number of alkyl carbamates (subject to hydrolysis) is 3. The summed E-state index contributed by atoms with van der Waals surface area (Å²) in [4.78, 5) is 53.9. The van der Waals surface area contributed by atoms with Gasteiger partial charge in [-0.2, -0.15) is 0 Å². The molecule has 52 heavy (non-hydrogen) atoms. The van der Waals surface area contributed by atoms with Crippen molar-refractivity contribution in [2.45, 2.75) is 65.1 Å². The number of carbonyl (C=O) groups is 4. The van der Waals surface area contributed by atoms with E-state index in [0.29, 0.717) is 39.0 Å². The zero-order chi connectivity index (χ0) is 37.6. The largest absolute Gasteiger partial charge is 0.445 e. The van der Waals surface area contributed by atoms with Gasteiger partial charge in [-0.3, -0.25) is 4.90 Å². The fourth-order valence-corrected chi connectivity index (χ4v) is 4.93. The Morgan fingerprint density at radius 2 is 1.06 bits per heavy atom. The van der Waals surface area contributed by atoms with Crippen LogP contribution in [0.5, 0.6) is 0 Å². The minimum absolute atomic E-state index is 0.106. The molecule has 3 N–H and O–H groups in total. The number of benzene rings is 3. The monoisotopic (exact) mass is 719 g/mol. The second-order valence-electron chi connectivity index (χ2n) is 13.2. The quantitative estimate of drug-likeness (QED) is 0.125. The molecule has 0 fully saturated rings. The Kier molecular flexibility index (Phi) is 17.8. The molecule has 0 saturated carbocycles. The maximum absolute atomic E-state index is 13.0. The first-order chi connectivity index (χ1) is 25.0. The fourth-order valence-electron chi connectivity index (χ4n) is 4.93. The third kappa shape index (κ3) is 18.1. The molecule has 0 saturated heterocycles. The van der Waals surface area contributed by atoms with Gasteiger partial charge in [0, 0.05) is 52.4 Å². The molecule has 0 radical (unpaired) electrons. The number of carbonyl (C=O) groups excluding carboxylic acids is 4. The van der Waals surface area contributed by atoms with Gasteiger partial charge in [0.25, 0.3) is 0 Å². The molecule has 1 atom stereocenters. The Labute approximate surface area is 306 Å². The van der Waals surface area contributed by atoms with Gasteiger partial charge in [-0.25, -0.2) is 19.2 Å². The summed E-state index contributed by atoms with van der Waals surface area (Å²) in [7, 11) is 1.67. The van der Waals surface area contributed by atoms with Gasteiger partial charge in [-0.15, -0.1) is 0 Å². The van der Waals surface area contributed by atoms with E-state index in [1.165, 1.54) is 4.90 Å². The zero-order valence-corrected chi connectivity index (χ0v) is 30.7. The highest BCUT2D eigenvalue weighted by Gasteiger charge is 2.22. The van der Waals surface area contributed by atoms with Crippen molar-refractivity contribution in [3.63, 3.8) is 0 Å². The summed E-state index contributed by atoms with van der Waals surface area (Å²) in [6, 6.07) is 27.7. The molecule has 0 bridgehead atoms. The van der Waals surface area contributed by atoms with Gasteiger partial charge < -0.3 is 39.8 Å². The molecule has 0 aromatic heterocycles. The lowest BCUT2D eigenvalue weighted by Gasteiger charge is -2.29. The van der Waals surface area contributed by atoms with Crippen molar-refractivity contribution >= 4 is 24.4 Å². The summed E-state index contributed by atoms with van der Waals surface area (Å²) in [6.45, 7) is 7.84. The molecule has 0 spiro atoms. The Bertz CT molecular complexity index is 1430. The number of rotatable bonds is 19. The molecule has 13 heteroatoms. The highest BCUT2D eigenvalue weighted by Crippen LogP contribution is 2.11. The second-order valence-corrected chi connectivity index (χ2v) is 13.2. The summed E-state index contributed by atoms with van der Waals surface area (Å²) < 4.78 is 21.7. The highest BCUT2D eigenvalue weighted by molar-refractivity contribution is 5.68. The molecule has 0 aliphatic heterocycles. The van der Waals surface area contributed by atoms with Crippen molar-refractivity contribution in [1.29, 1.82) is 0 Å². The summed E-state index contributed by atoms with van der Waals surface area (Å²) in [5.74, 6) is 0. The zero-order valence-electron chi connectivity index (χ0n) is 30.7. The third-order valence-corrected chi connectivity index (χ3v) is 7.58. The van der Waals surface area contributed by atoms with Gasteiger partial charge in [0.1, 0.15) is 25.4 Å². The maximum atomic E-state index is 13.0. The lowest BCUT2D eigenvalue weighted by Crippen LogP contribution is -2.48.